The van der Waals surface area contributed by atoms with Gasteiger partial charge in [-0.1, -0.05) is 30.3 Å². The smallest absolute Gasteiger partial charge is 0.408 e. The van der Waals surface area contributed by atoms with E-state index in [9.17, 15) is 14.7 Å². The lowest BCUT2D eigenvalue weighted by molar-refractivity contribution is -0.123. The van der Waals surface area contributed by atoms with Crippen molar-refractivity contribution in [2.75, 3.05) is 0 Å². The first-order chi connectivity index (χ1) is 14.9. The Bertz CT molecular complexity index is 1000. The second kappa shape index (κ2) is 11.4. The van der Waals surface area contributed by atoms with Gasteiger partial charge in [0, 0.05) is 6.42 Å². The number of hydrogen-bond donors (Lipinski definition) is 3. The van der Waals surface area contributed by atoms with Gasteiger partial charge in [0.25, 0.3) is 0 Å². The van der Waals surface area contributed by atoms with E-state index >= 15 is 0 Å². The highest BCUT2D eigenvalue weighted by Crippen LogP contribution is 2.27. The maximum atomic E-state index is 12.8. The van der Waals surface area contributed by atoms with Crippen molar-refractivity contribution in [3.8, 4) is 5.75 Å². The van der Waals surface area contributed by atoms with E-state index in [1.165, 1.54) is 6.26 Å². The molecule has 3 N–H and O–H groups in total. The molecule has 0 saturated carbocycles. The summed E-state index contributed by atoms with van der Waals surface area (Å²) >= 11 is 4.06. The molecule has 0 aliphatic carbocycles. The third-order valence-corrected chi connectivity index (χ3v) is 6.00. The van der Waals surface area contributed by atoms with Crippen molar-refractivity contribution < 1.29 is 23.8 Å². The highest BCUT2D eigenvalue weighted by Gasteiger charge is 2.23. The van der Waals surface area contributed by atoms with Crippen molar-refractivity contribution >= 4 is 57.2 Å². The SMILES string of the molecule is O=C(N[C@@H](Cc1cc(I)c(O)c(I)c1)C(=O)NCc1ccco1)OCc1ccccc1. The summed E-state index contributed by atoms with van der Waals surface area (Å²) in [5.74, 6) is 0.428. The number of alkyl carbamates (subject to hydrolysis) is 1. The summed E-state index contributed by atoms with van der Waals surface area (Å²) in [7, 11) is 0. The number of furan rings is 1. The summed E-state index contributed by atoms with van der Waals surface area (Å²) in [5, 5.41) is 15.4. The number of rotatable bonds is 8. The summed E-state index contributed by atoms with van der Waals surface area (Å²) < 4.78 is 11.8. The highest BCUT2D eigenvalue weighted by atomic mass is 127. The number of ether oxygens (including phenoxy) is 1. The van der Waals surface area contributed by atoms with Gasteiger partial charge in [-0.15, -0.1) is 0 Å². The van der Waals surface area contributed by atoms with E-state index in [2.05, 4.69) is 10.6 Å². The van der Waals surface area contributed by atoms with Gasteiger partial charge in [-0.2, -0.15) is 0 Å². The van der Waals surface area contributed by atoms with Crippen LogP contribution in [0, 0.1) is 7.14 Å². The maximum Gasteiger partial charge on any atom is 0.408 e. The minimum atomic E-state index is -0.866. The summed E-state index contributed by atoms with van der Waals surface area (Å²) in [5.41, 5.74) is 1.65. The Labute approximate surface area is 206 Å². The molecule has 31 heavy (non-hydrogen) atoms. The fourth-order valence-electron chi connectivity index (χ4n) is 2.80. The van der Waals surface area contributed by atoms with Crippen molar-refractivity contribution in [1.82, 2.24) is 10.6 Å². The molecule has 0 bridgehead atoms. The number of nitrogens with one attached hydrogen (secondary N) is 2. The number of halogens is 2. The molecule has 1 heterocycles. The third-order valence-electron chi connectivity index (χ3n) is 4.35. The number of phenols is 1. The van der Waals surface area contributed by atoms with Crippen LogP contribution < -0.4 is 10.6 Å². The lowest BCUT2D eigenvalue weighted by atomic mass is 10.1. The Balaban J connectivity index is 1.68. The van der Waals surface area contributed by atoms with Crippen molar-refractivity contribution in [3.63, 3.8) is 0 Å². The second-order valence-electron chi connectivity index (χ2n) is 6.67. The fraction of sp³-hybridized carbons (Fsp3) is 0.182. The molecular formula is C22H20I2N2O5. The zero-order valence-electron chi connectivity index (χ0n) is 16.3. The molecule has 1 atom stereocenters. The molecule has 0 saturated heterocycles. The number of benzene rings is 2. The molecule has 0 spiro atoms. The van der Waals surface area contributed by atoms with Crippen LogP contribution in [0.2, 0.25) is 0 Å². The van der Waals surface area contributed by atoms with Crippen molar-refractivity contribution in [2.24, 2.45) is 0 Å². The van der Waals surface area contributed by atoms with E-state index in [0.29, 0.717) is 12.9 Å². The first kappa shape index (κ1) is 23.4. The largest absolute Gasteiger partial charge is 0.506 e. The number of phenolic OH excluding ortho intramolecular Hbond substituents is 1. The number of carbonyl (C=O) groups is 2. The quantitative estimate of drug-likeness (QED) is 0.317. The Morgan fingerprint density at radius 2 is 1.74 bits per heavy atom. The summed E-state index contributed by atoms with van der Waals surface area (Å²) in [6.07, 6.45) is 1.07. The predicted octanol–water partition coefficient (Wildman–Crippen LogP) is 4.35. The van der Waals surface area contributed by atoms with Gasteiger partial charge in [-0.25, -0.2) is 4.79 Å². The van der Waals surface area contributed by atoms with Gasteiger partial charge in [-0.3, -0.25) is 4.79 Å². The monoisotopic (exact) mass is 646 g/mol. The lowest BCUT2D eigenvalue weighted by Crippen LogP contribution is -2.48. The standard InChI is InChI=1S/C22H20I2N2O5/c23-17-9-15(10-18(24)20(17)27)11-19(21(28)25-12-16-7-4-8-30-16)26-22(29)31-13-14-5-2-1-3-6-14/h1-10,19,27H,11-13H2,(H,25,28)(H,26,29)/t19-/m0/s1. The summed E-state index contributed by atoms with van der Waals surface area (Å²) in [6, 6.07) is 15.5. The molecule has 0 aliphatic heterocycles. The summed E-state index contributed by atoms with van der Waals surface area (Å²) in [4.78, 5) is 25.2. The average molecular weight is 646 g/mol. The number of hydrogen-bond acceptors (Lipinski definition) is 5. The molecular weight excluding hydrogens is 626 g/mol. The van der Waals surface area contributed by atoms with Crippen LogP contribution in [0.4, 0.5) is 4.79 Å². The normalized spacial score (nSPS) is 11.5. The minimum Gasteiger partial charge on any atom is -0.506 e. The van der Waals surface area contributed by atoms with Crippen molar-refractivity contribution in [2.45, 2.75) is 25.6 Å². The van der Waals surface area contributed by atoms with E-state index in [1.807, 2.05) is 75.5 Å². The molecule has 0 fully saturated rings. The first-order valence-corrected chi connectivity index (χ1v) is 11.5. The Morgan fingerprint density at radius 1 is 1.03 bits per heavy atom. The Kier molecular flexibility index (Phi) is 8.58. The van der Waals surface area contributed by atoms with Gasteiger partial charge in [0.05, 0.1) is 19.9 Å². The molecule has 9 heteroatoms. The molecule has 162 valence electrons. The zero-order valence-corrected chi connectivity index (χ0v) is 20.6. The number of aromatic hydroxyl groups is 1. The highest BCUT2D eigenvalue weighted by molar-refractivity contribution is 14.1. The molecule has 2 amide bonds. The topological polar surface area (TPSA) is 101 Å². The molecule has 0 radical (unpaired) electrons. The number of carbonyl (C=O) groups excluding carboxylic acids is 2. The lowest BCUT2D eigenvalue weighted by Gasteiger charge is -2.19. The van der Waals surface area contributed by atoms with E-state index in [1.54, 1.807) is 24.3 Å². The van der Waals surface area contributed by atoms with Crippen molar-refractivity contribution in [3.05, 3.63) is 84.9 Å². The van der Waals surface area contributed by atoms with Crippen LogP contribution in [0.5, 0.6) is 5.75 Å². The van der Waals surface area contributed by atoms with Crippen LogP contribution in [0.15, 0.2) is 65.3 Å². The van der Waals surface area contributed by atoms with Crippen LogP contribution in [-0.4, -0.2) is 23.1 Å². The van der Waals surface area contributed by atoms with Crippen LogP contribution in [-0.2, 0) is 29.1 Å². The molecule has 2 aromatic carbocycles. The fourth-order valence-corrected chi connectivity index (χ4v) is 4.70. The van der Waals surface area contributed by atoms with E-state index < -0.39 is 12.1 Å². The van der Waals surface area contributed by atoms with Crippen LogP contribution in [0.1, 0.15) is 16.9 Å². The molecule has 0 unspecified atom stereocenters. The van der Waals surface area contributed by atoms with Crippen LogP contribution in [0.3, 0.4) is 0 Å². The average Bonchev–Trinajstić information content (AvgIpc) is 3.28. The van der Waals surface area contributed by atoms with Crippen molar-refractivity contribution in [1.29, 1.82) is 0 Å². The molecule has 3 aromatic rings. The number of amides is 2. The van der Waals surface area contributed by atoms with E-state index in [4.69, 9.17) is 9.15 Å². The van der Waals surface area contributed by atoms with Gasteiger partial charge in [0.1, 0.15) is 24.2 Å². The molecule has 0 aliphatic rings. The molecule has 7 nitrogen and oxygen atoms in total. The van der Waals surface area contributed by atoms with Gasteiger partial charge in [0.2, 0.25) is 5.91 Å². The Hall–Kier alpha value is -2.28. The van der Waals surface area contributed by atoms with E-state index in [0.717, 1.165) is 11.1 Å². The van der Waals surface area contributed by atoms with Gasteiger partial charge in [0.15, 0.2) is 0 Å². The molecule has 3 rings (SSSR count). The second-order valence-corrected chi connectivity index (χ2v) is 8.99. The van der Waals surface area contributed by atoms with Gasteiger partial charge in [-0.05, 0) is 80.6 Å². The van der Waals surface area contributed by atoms with E-state index in [-0.39, 0.29) is 31.2 Å². The van der Waals surface area contributed by atoms with Crippen LogP contribution in [0.25, 0.3) is 0 Å². The first-order valence-electron chi connectivity index (χ1n) is 9.36. The maximum absolute atomic E-state index is 12.8. The van der Waals surface area contributed by atoms with Gasteiger partial charge >= 0.3 is 6.09 Å². The predicted molar refractivity (Wildman–Crippen MR) is 131 cm³/mol. The third kappa shape index (κ3) is 7.13. The van der Waals surface area contributed by atoms with Gasteiger partial charge < -0.3 is 24.9 Å². The zero-order chi connectivity index (χ0) is 22.2. The summed E-state index contributed by atoms with van der Waals surface area (Å²) in [6.45, 7) is 0.302. The Morgan fingerprint density at radius 3 is 2.39 bits per heavy atom. The van der Waals surface area contributed by atoms with Crippen LogP contribution >= 0.6 is 45.2 Å². The minimum absolute atomic E-state index is 0.0996. The molecule has 1 aromatic heterocycles.